The number of benzene rings is 1. The van der Waals surface area contributed by atoms with E-state index in [1.54, 1.807) is 18.5 Å². The molecule has 2 aliphatic rings. The Morgan fingerprint density at radius 3 is 2.89 bits per heavy atom. The van der Waals surface area contributed by atoms with Gasteiger partial charge in [-0.2, -0.15) is 0 Å². The van der Waals surface area contributed by atoms with Crippen molar-refractivity contribution < 1.29 is 15.0 Å². The van der Waals surface area contributed by atoms with E-state index in [1.165, 1.54) is 11.1 Å². The molecule has 1 aliphatic heterocycles. The molecule has 1 saturated heterocycles. The van der Waals surface area contributed by atoms with E-state index in [9.17, 15) is 15.0 Å². The molecule has 3 N–H and O–H groups in total. The number of hydrogen-bond donors (Lipinski definition) is 3. The highest BCUT2D eigenvalue weighted by atomic mass is 16.5. The minimum absolute atomic E-state index is 0.218. The lowest BCUT2D eigenvalue weighted by molar-refractivity contribution is -0.117. The summed E-state index contributed by atoms with van der Waals surface area (Å²) in [6, 6.07) is 8.01. The van der Waals surface area contributed by atoms with Crippen LogP contribution in [-0.2, 0) is 11.2 Å². The average molecular weight is 367 g/mol. The van der Waals surface area contributed by atoms with Crippen molar-refractivity contribution in [2.24, 2.45) is 0 Å². The molecule has 1 aromatic carbocycles. The van der Waals surface area contributed by atoms with Crippen LogP contribution in [0.2, 0.25) is 0 Å². The maximum absolute atomic E-state index is 12.0. The quantitative estimate of drug-likeness (QED) is 0.708. The fraction of sp³-hybridized carbons (Fsp3) is 0.429. The fourth-order valence-corrected chi connectivity index (χ4v) is 4.21. The van der Waals surface area contributed by atoms with Gasteiger partial charge in [0.05, 0.1) is 11.9 Å². The number of nitrogens with one attached hydrogen (secondary N) is 1. The topological polar surface area (TPSA) is 85.7 Å². The highest BCUT2D eigenvalue weighted by Gasteiger charge is 2.25. The van der Waals surface area contributed by atoms with Crippen LogP contribution in [0.5, 0.6) is 0 Å². The molecule has 27 heavy (non-hydrogen) atoms. The molecule has 1 aromatic heterocycles. The van der Waals surface area contributed by atoms with Crippen molar-refractivity contribution in [3.63, 3.8) is 0 Å². The second-order valence-electron chi connectivity index (χ2n) is 7.34. The van der Waals surface area contributed by atoms with Gasteiger partial charge in [-0.1, -0.05) is 6.07 Å². The van der Waals surface area contributed by atoms with Gasteiger partial charge in [-0.3, -0.25) is 9.78 Å². The van der Waals surface area contributed by atoms with Crippen molar-refractivity contribution in [3.8, 4) is 0 Å². The Morgan fingerprint density at radius 2 is 2.11 bits per heavy atom. The predicted molar refractivity (Wildman–Crippen MR) is 104 cm³/mol. The van der Waals surface area contributed by atoms with E-state index in [1.807, 2.05) is 4.90 Å². The number of carbonyl (C=O) groups excluding carboxylic acids is 1. The third-order valence-corrected chi connectivity index (χ3v) is 5.62. The SMILES string of the molecule is O=C1CCCN1c1ccc2c(c1)CCCC2CNc1cnccc1C(O)O. The summed E-state index contributed by atoms with van der Waals surface area (Å²) in [6.07, 6.45) is 6.47. The van der Waals surface area contributed by atoms with E-state index in [2.05, 4.69) is 28.5 Å². The van der Waals surface area contributed by atoms with Crippen LogP contribution in [0.4, 0.5) is 11.4 Å². The van der Waals surface area contributed by atoms with Gasteiger partial charge >= 0.3 is 0 Å². The molecule has 1 unspecified atom stereocenters. The summed E-state index contributed by atoms with van der Waals surface area (Å²) in [5, 5.41) is 22.4. The number of aromatic nitrogens is 1. The van der Waals surface area contributed by atoms with E-state index < -0.39 is 6.29 Å². The minimum Gasteiger partial charge on any atom is -0.383 e. The van der Waals surface area contributed by atoms with Crippen LogP contribution < -0.4 is 10.2 Å². The Labute approximate surface area is 158 Å². The summed E-state index contributed by atoms with van der Waals surface area (Å²) >= 11 is 0. The number of nitrogens with zero attached hydrogens (tertiary/aromatic N) is 2. The molecule has 1 amide bonds. The molecule has 1 atom stereocenters. The summed E-state index contributed by atoms with van der Waals surface area (Å²) in [4.78, 5) is 18.0. The van der Waals surface area contributed by atoms with E-state index in [0.29, 0.717) is 30.1 Å². The Morgan fingerprint density at radius 1 is 1.22 bits per heavy atom. The smallest absolute Gasteiger partial charge is 0.227 e. The molecule has 0 saturated carbocycles. The maximum Gasteiger partial charge on any atom is 0.227 e. The van der Waals surface area contributed by atoms with Crippen LogP contribution in [0.1, 0.15) is 54.6 Å². The summed E-state index contributed by atoms with van der Waals surface area (Å²) in [5.74, 6) is 0.566. The average Bonchev–Trinajstić information content (AvgIpc) is 3.12. The Kier molecular flexibility index (Phi) is 5.09. The van der Waals surface area contributed by atoms with Gasteiger partial charge in [0.25, 0.3) is 0 Å². The number of aryl methyl sites for hydroxylation is 1. The third kappa shape index (κ3) is 3.68. The molecule has 1 aliphatic carbocycles. The summed E-state index contributed by atoms with van der Waals surface area (Å²) in [6.45, 7) is 1.52. The molecule has 6 nitrogen and oxygen atoms in total. The van der Waals surface area contributed by atoms with Crippen molar-refractivity contribution >= 4 is 17.3 Å². The van der Waals surface area contributed by atoms with Gasteiger partial charge in [0.1, 0.15) is 0 Å². The number of pyridine rings is 1. The number of rotatable bonds is 5. The largest absolute Gasteiger partial charge is 0.383 e. The van der Waals surface area contributed by atoms with E-state index in [0.717, 1.165) is 37.9 Å². The van der Waals surface area contributed by atoms with Gasteiger partial charge in [0.15, 0.2) is 6.29 Å². The van der Waals surface area contributed by atoms with Gasteiger partial charge in [0.2, 0.25) is 5.91 Å². The normalized spacial score (nSPS) is 19.4. The Balaban J connectivity index is 1.51. The molecule has 2 aromatic rings. The number of aliphatic hydroxyl groups is 2. The molecular weight excluding hydrogens is 342 g/mol. The van der Waals surface area contributed by atoms with Crippen LogP contribution in [0.3, 0.4) is 0 Å². The molecule has 142 valence electrons. The lowest BCUT2D eigenvalue weighted by atomic mass is 9.82. The predicted octanol–water partition coefficient (Wildman–Crippen LogP) is 2.72. The molecule has 0 radical (unpaired) electrons. The summed E-state index contributed by atoms with van der Waals surface area (Å²) < 4.78 is 0. The number of carbonyl (C=O) groups is 1. The Hall–Kier alpha value is -2.44. The van der Waals surface area contributed by atoms with E-state index >= 15 is 0 Å². The molecule has 0 spiro atoms. The molecule has 1 fully saturated rings. The van der Waals surface area contributed by atoms with Crippen LogP contribution in [0.15, 0.2) is 36.7 Å². The first-order valence-electron chi connectivity index (χ1n) is 9.60. The second-order valence-corrected chi connectivity index (χ2v) is 7.34. The first-order chi connectivity index (χ1) is 13.1. The molecule has 6 heteroatoms. The first-order valence-corrected chi connectivity index (χ1v) is 9.60. The lowest BCUT2D eigenvalue weighted by Gasteiger charge is -2.28. The van der Waals surface area contributed by atoms with Gasteiger partial charge in [0, 0.05) is 42.9 Å². The highest BCUT2D eigenvalue weighted by molar-refractivity contribution is 5.95. The van der Waals surface area contributed by atoms with E-state index in [-0.39, 0.29) is 5.91 Å². The summed E-state index contributed by atoms with van der Waals surface area (Å²) in [5.41, 5.74) is 4.74. The second kappa shape index (κ2) is 7.66. The zero-order chi connectivity index (χ0) is 18.8. The molecule has 4 rings (SSSR count). The zero-order valence-corrected chi connectivity index (χ0v) is 15.3. The van der Waals surface area contributed by atoms with E-state index in [4.69, 9.17) is 0 Å². The summed E-state index contributed by atoms with van der Waals surface area (Å²) in [7, 11) is 0. The van der Waals surface area contributed by atoms with Gasteiger partial charge in [-0.05, 0) is 55.0 Å². The van der Waals surface area contributed by atoms with Crippen LogP contribution in [0, 0.1) is 0 Å². The lowest BCUT2D eigenvalue weighted by Crippen LogP contribution is -2.25. The molecular formula is C21H25N3O3. The highest BCUT2D eigenvalue weighted by Crippen LogP contribution is 2.35. The third-order valence-electron chi connectivity index (χ3n) is 5.62. The zero-order valence-electron chi connectivity index (χ0n) is 15.3. The van der Waals surface area contributed by atoms with Crippen molar-refractivity contribution in [1.29, 1.82) is 0 Å². The number of anilines is 2. The number of aliphatic hydroxyl groups excluding tert-OH is 1. The van der Waals surface area contributed by atoms with Crippen molar-refractivity contribution in [2.45, 2.75) is 44.3 Å². The van der Waals surface area contributed by atoms with Crippen molar-refractivity contribution in [2.75, 3.05) is 23.3 Å². The monoisotopic (exact) mass is 367 g/mol. The van der Waals surface area contributed by atoms with Crippen LogP contribution >= 0.6 is 0 Å². The van der Waals surface area contributed by atoms with Crippen LogP contribution in [-0.4, -0.2) is 34.2 Å². The van der Waals surface area contributed by atoms with Crippen molar-refractivity contribution in [3.05, 3.63) is 53.3 Å². The minimum atomic E-state index is -1.52. The number of hydrogen-bond acceptors (Lipinski definition) is 5. The molecule has 0 bridgehead atoms. The standard InChI is InChI=1S/C21H25N3O3/c25-20-5-2-10-24(20)16-6-7-17-14(11-16)3-1-4-15(17)12-23-19-13-22-9-8-18(19)21(26)27/h6-9,11,13,15,21,23,26-27H,1-5,10,12H2. The van der Waals surface area contributed by atoms with Gasteiger partial charge in [-0.15, -0.1) is 0 Å². The fourth-order valence-electron chi connectivity index (χ4n) is 4.21. The van der Waals surface area contributed by atoms with Crippen LogP contribution in [0.25, 0.3) is 0 Å². The first kappa shape index (κ1) is 17.9. The van der Waals surface area contributed by atoms with Gasteiger partial charge in [-0.25, -0.2) is 0 Å². The van der Waals surface area contributed by atoms with Crippen molar-refractivity contribution in [1.82, 2.24) is 4.98 Å². The number of amides is 1. The van der Waals surface area contributed by atoms with Gasteiger partial charge < -0.3 is 20.4 Å². The maximum atomic E-state index is 12.0. The molecule has 2 heterocycles. The number of fused-ring (bicyclic) bond motifs is 1. The Bertz CT molecular complexity index is 837.